The van der Waals surface area contributed by atoms with Gasteiger partial charge in [0.25, 0.3) is 0 Å². The van der Waals surface area contributed by atoms with E-state index in [1.165, 1.54) is 0 Å². The second kappa shape index (κ2) is 6.00. The highest BCUT2D eigenvalue weighted by molar-refractivity contribution is 4.91. The minimum absolute atomic E-state index is 0.204. The van der Waals surface area contributed by atoms with Crippen molar-refractivity contribution in [3.63, 3.8) is 0 Å². The molecule has 0 fully saturated rings. The van der Waals surface area contributed by atoms with Gasteiger partial charge in [-0.05, 0) is 47.8 Å². The maximum Gasteiger partial charge on any atom is 0.0684 e. The van der Waals surface area contributed by atoms with Crippen LogP contribution in [0.3, 0.4) is 0 Å². The van der Waals surface area contributed by atoms with Gasteiger partial charge in [-0.25, -0.2) is 0 Å². The van der Waals surface area contributed by atoms with Crippen LogP contribution in [0.5, 0.6) is 0 Å². The second-order valence-electron chi connectivity index (χ2n) is 4.86. The molecule has 3 heteroatoms. The van der Waals surface area contributed by atoms with Crippen molar-refractivity contribution in [1.29, 1.82) is 5.26 Å². The van der Waals surface area contributed by atoms with E-state index in [0.717, 1.165) is 19.5 Å². The number of nitrogens with zero attached hydrogens (tertiary/aromatic N) is 2. The molecule has 82 valence electrons. The van der Waals surface area contributed by atoms with Gasteiger partial charge in [0, 0.05) is 12.6 Å². The van der Waals surface area contributed by atoms with E-state index in [-0.39, 0.29) is 5.41 Å². The van der Waals surface area contributed by atoms with Gasteiger partial charge in [0.1, 0.15) is 0 Å². The summed E-state index contributed by atoms with van der Waals surface area (Å²) in [7, 11) is 4.13. The Hall–Kier alpha value is -0.590. The minimum Gasteiger partial charge on any atom is -0.313 e. The molecule has 0 aromatic rings. The zero-order valence-corrected chi connectivity index (χ0v) is 10.1. The molecular weight excluding hydrogens is 174 g/mol. The smallest absolute Gasteiger partial charge is 0.0684 e. The lowest BCUT2D eigenvalue weighted by atomic mass is 9.91. The van der Waals surface area contributed by atoms with Crippen molar-refractivity contribution in [2.45, 2.75) is 33.2 Å². The Balaban J connectivity index is 3.60. The van der Waals surface area contributed by atoms with Crippen LogP contribution in [-0.4, -0.2) is 38.1 Å². The third-order valence-electron chi connectivity index (χ3n) is 2.18. The van der Waals surface area contributed by atoms with Crippen molar-refractivity contribution in [3.8, 4) is 6.07 Å². The zero-order chi connectivity index (χ0) is 11.2. The van der Waals surface area contributed by atoms with E-state index in [1.54, 1.807) is 0 Å². The molecule has 3 nitrogen and oxygen atoms in total. The molecule has 0 aliphatic rings. The van der Waals surface area contributed by atoms with Crippen LogP contribution in [-0.2, 0) is 0 Å². The molecule has 0 aromatic heterocycles. The highest BCUT2D eigenvalue weighted by Crippen LogP contribution is 2.17. The lowest BCUT2D eigenvalue weighted by Crippen LogP contribution is -2.37. The van der Waals surface area contributed by atoms with Crippen LogP contribution in [0.15, 0.2) is 0 Å². The largest absolute Gasteiger partial charge is 0.313 e. The van der Waals surface area contributed by atoms with Crippen molar-refractivity contribution < 1.29 is 0 Å². The molecule has 0 spiro atoms. The van der Waals surface area contributed by atoms with Gasteiger partial charge < -0.3 is 10.2 Å². The first-order valence-corrected chi connectivity index (χ1v) is 5.17. The van der Waals surface area contributed by atoms with E-state index in [0.29, 0.717) is 6.04 Å². The summed E-state index contributed by atoms with van der Waals surface area (Å²) < 4.78 is 0. The van der Waals surface area contributed by atoms with Crippen LogP contribution < -0.4 is 5.32 Å². The van der Waals surface area contributed by atoms with Gasteiger partial charge in [0.15, 0.2) is 0 Å². The molecule has 0 saturated heterocycles. The lowest BCUT2D eigenvalue weighted by molar-refractivity contribution is 0.336. The third-order valence-corrected chi connectivity index (χ3v) is 2.18. The van der Waals surface area contributed by atoms with Crippen molar-refractivity contribution in [3.05, 3.63) is 0 Å². The third kappa shape index (κ3) is 6.88. The van der Waals surface area contributed by atoms with Crippen LogP contribution in [0.1, 0.15) is 27.2 Å². The monoisotopic (exact) mass is 197 g/mol. The molecule has 0 aliphatic heterocycles. The average Bonchev–Trinajstić information content (AvgIpc) is 2.02. The molecule has 14 heavy (non-hydrogen) atoms. The van der Waals surface area contributed by atoms with Gasteiger partial charge in [0.2, 0.25) is 0 Å². The average molecular weight is 197 g/mol. The molecule has 0 aliphatic carbocycles. The summed E-state index contributed by atoms with van der Waals surface area (Å²) in [6.45, 7) is 8.07. The molecule has 1 N–H and O–H groups in total. The Morgan fingerprint density at radius 1 is 1.43 bits per heavy atom. The first-order chi connectivity index (χ1) is 6.37. The van der Waals surface area contributed by atoms with E-state index in [2.05, 4.69) is 37.3 Å². The highest BCUT2D eigenvalue weighted by atomic mass is 15.1. The summed E-state index contributed by atoms with van der Waals surface area (Å²) in [5, 5.41) is 12.2. The summed E-state index contributed by atoms with van der Waals surface area (Å²) in [6.07, 6.45) is 0.904. The van der Waals surface area contributed by atoms with Crippen molar-refractivity contribution in [2.24, 2.45) is 5.41 Å². The van der Waals surface area contributed by atoms with Gasteiger partial charge >= 0.3 is 0 Å². The Kier molecular flexibility index (Phi) is 5.75. The zero-order valence-electron chi connectivity index (χ0n) is 10.1. The predicted molar refractivity (Wildman–Crippen MR) is 60.0 cm³/mol. The van der Waals surface area contributed by atoms with Crippen LogP contribution >= 0.6 is 0 Å². The fourth-order valence-corrected chi connectivity index (χ4v) is 1.30. The second-order valence-corrected chi connectivity index (χ2v) is 4.86. The SMILES string of the molecule is CC(CN(C)C)NCCC(C)(C)C#N. The molecule has 1 unspecified atom stereocenters. The summed E-state index contributed by atoms with van der Waals surface area (Å²) in [4.78, 5) is 2.16. The van der Waals surface area contributed by atoms with E-state index in [4.69, 9.17) is 5.26 Å². The van der Waals surface area contributed by atoms with Gasteiger partial charge in [-0.1, -0.05) is 0 Å². The van der Waals surface area contributed by atoms with Crippen LogP contribution in [0, 0.1) is 16.7 Å². The predicted octanol–water partition coefficient (Wildman–Crippen LogP) is 1.47. The van der Waals surface area contributed by atoms with Crippen molar-refractivity contribution in [2.75, 3.05) is 27.2 Å². The lowest BCUT2D eigenvalue weighted by Gasteiger charge is -2.20. The van der Waals surface area contributed by atoms with E-state index in [1.807, 2.05) is 13.8 Å². The molecule has 0 saturated carbocycles. The minimum atomic E-state index is -0.204. The fourth-order valence-electron chi connectivity index (χ4n) is 1.30. The van der Waals surface area contributed by atoms with Crippen LogP contribution in [0.4, 0.5) is 0 Å². The van der Waals surface area contributed by atoms with Gasteiger partial charge in [-0.3, -0.25) is 0 Å². The van der Waals surface area contributed by atoms with Crippen LogP contribution in [0.2, 0.25) is 0 Å². The van der Waals surface area contributed by atoms with E-state index in [9.17, 15) is 0 Å². The maximum absolute atomic E-state index is 8.82. The first kappa shape index (κ1) is 13.4. The number of rotatable bonds is 6. The fraction of sp³-hybridized carbons (Fsp3) is 0.909. The molecule has 0 bridgehead atoms. The first-order valence-electron chi connectivity index (χ1n) is 5.17. The number of nitriles is 1. The molecule has 0 radical (unpaired) electrons. The quantitative estimate of drug-likeness (QED) is 0.701. The topological polar surface area (TPSA) is 39.1 Å². The van der Waals surface area contributed by atoms with E-state index >= 15 is 0 Å². The maximum atomic E-state index is 8.82. The summed E-state index contributed by atoms with van der Waals surface area (Å²) >= 11 is 0. The van der Waals surface area contributed by atoms with Crippen molar-refractivity contribution in [1.82, 2.24) is 10.2 Å². The number of nitrogens with one attached hydrogen (secondary N) is 1. The van der Waals surface area contributed by atoms with Gasteiger partial charge in [-0.15, -0.1) is 0 Å². The summed E-state index contributed by atoms with van der Waals surface area (Å²) in [5.74, 6) is 0. The molecule has 0 amide bonds. The molecule has 0 heterocycles. The Morgan fingerprint density at radius 3 is 2.43 bits per heavy atom. The Bertz CT molecular complexity index is 191. The Labute approximate surface area is 88.1 Å². The normalized spacial score (nSPS) is 14.1. The molecule has 1 atom stereocenters. The number of likely N-dealkylation sites (N-methyl/N-ethyl adjacent to an activating group) is 1. The van der Waals surface area contributed by atoms with Crippen molar-refractivity contribution >= 4 is 0 Å². The summed E-state index contributed by atoms with van der Waals surface area (Å²) in [6, 6.07) is 2.79. The highest BCUT2D eigenvalue weighted by Gasteiger charge is 2.16. The number of hydrogen-bond donors (Lipinski definition) is 1. The van der Waals surface area contributed by atoms with Crippen LogP contribution in [0.25, 0.3) is 0 Å². The Morgan fingerprint density at radius 2 is 2.00 bits per heavy atom. The van der Waals surface area contributed by atoms with E-state index < -0.39 is 0 Å². The van der Waals surface area contributed by atoms with Gasteiger partial charge in [-0.2, -0.15) is 5.26 Å². The molecule has 0 aromatic carbocycles. The number of hydrogen-bond acceptors (Lipinski definition) is 3. The molecule has 0 rings (SSSR count). The van der Waals surface area contributed by atoms with Gasteiger partial charge in [0.05, 0.1) is 11.5 Å². The summed E-state index contributed by atoms with van der Waals surface area (Å²) in [5.41, 5.74) is -0.204. The standard InChI is InChI=1S/C11H23N3/c1-10(8-14(4)5)13-7-6-11(2,3)9-12/h10,13H,6-8H2,1-5H3. The molecular formula is C11H23N3.